The molecular formula is C15H22N2O. The molecule has 3 nitrogen and oxygen atoms in total. The van der Waals surface area contributed by atoms with Crippen LogP contribution in [-0.4, -0.2) is 6.54 Å². The quantitative estimate of drug-likeness (QED) is 0.657. The summed E-state index contributed by atoms with van der Waals surface area (Å²) in [5.41, 5.74) is 6.03. The highest BCUT2D eigenvalue weighted by Crippen LogP contribution is 2.35. The Hall–Kier alpha value is -1.25. The highest BCUT2D eigenvalue weighted by molar-refractivity contribution is 5.61. The summed E-state index contributed by atoms with van der Waals surface area (Å²) in [4.78, 5) is 0. The first kappa shape index (κ1) is 11.8. The summed E-state index contributed by atoms with van der Waals surface area (Å²) in [7, 11) is 0. The third-order valence-corrected chi connectivity index (χ3v) is 4.16. The van der Waals surface area contributed by atoms with Gasteiger partial charge in [0.25, 0.3) is 0 Å². The van der Waals surface area contributed by atoms with Crippen molar-refractivity contribution in [3.8, 4) is 0 Å². The van der Waals surface area contributed by atoms with Crippen LogP contribution in [0.1, 0.15) is 49.2 Å². The van der Waals surface area contributed by atoms with Crippen LogP contribution in [0.5, 0.6) is 0 Å². The van der Waals surface area contributed by atoms with Crippen LogP contribution in [0.2, 0.25) is 0 Å². The summed E-state index contributed by atoms with van der Waals surface area (Å²) in [5.74, 6) is 0.638. The van der Waals surface area contributed by atoms with Gasteiger partial charge in [-0.3, -0.25) is 0 Å². The molecule has 0 aromatic carbocycles. The molecule has 0 unspecified atom stereocenters. The van der Waals surface area contributed by atoms with E-state index < -0.39 is 0 Å². The maximum atomic E-state index is 12.3. The van der Waals surface area contributed by atoms with Gasteiger partial charge in [0, 0.05) is 30.5 Å². The fourth-order valence-corrected chi connectivity index (χ4v) is 3.31. The van der Waals surface area contributed by atoms with Gasteiger partial charge in [-0.1, -0.05) is 13.8 Å². The van der Waals surface area contributed by atoms with Gasteiger partial charge in [-0.25, -0.2) is 0 Å². The molecule has 0 bridgehead atoms. The lowest BCUT2D eigenvalue weighted by Gasteiger charge is -2.17. The minimum absolute atomic E-state index is 0.638. The molecule has 2 aliphatic carbocycles. The number of fused-ring (bicyclic) bond motifs is 2. The molecule has 0 spiro atoms. The number of pyridine rings is 1. The Balaban J connectivity index is 2.06. The van der Waals surface area contributed by atoms with Crippen molar-refractivity contribution in [3.05, 3.63) is 27.7 Å². The lowest BCUT2D eigenvalue weighted by molar-refractivity contribution is -0.621. The first-order chi connectivity index (χ1) is 8.68. The number of anilines is 1. The number of rotatable bonds is 3. The molecule has 0 amide bonds. The summed E-state index contributed by atoms with van der Waals surface area (Å²) in [6, 6.07) is 0. The fourth-order valence-electron chi connectivity index (χ4n) is 3.31. The molecule has 0 aliphatic heterocycles. The molecular weight excluding hydrogens is 224 g/mol. The SMILES string of the molecule is CC(C)CNc1c2c([n+]([O-])c3c1CCC3)CCC2. The topological polar surface area (TPSA) is 39.0 Å². The Morgan fingerprint density at radius 1 is 1.06 bits per heavy atom. The molecule has 1 N–H and O–H groups in total. The molecule has 2 aliphatic rings. The Morgan fingerprint density at radius 2 is 1.61 bits per heavy atom. The fraction of sp³-hybridized carbons (Fsp3) is 0.667. The van der Waals surface area contributed by atoms with Crippen LogP contribution >= 0.6 is 0 Å². The number of aromatic nitrogens is 1. The number of hydrogen-bond acceptors (Lipinski definition) is 2. The summed E-state index contributed by atoms with van der Waals surface area (Å²) in [6.45, 7) is 5.45. The minimum Gasteiger partial charge on any atom is -0.618 e. The van der Waals surface area contributed by atoms with E-state index >= 15 is 0 Å². The largest absolute Gasteiger partial charge is 0.618 e. The highest BCUT2D eigenvalue weighted by Gasteiger charge is 2.32. The second-order valence-corrected chi connectivity index (χ2v) is 6.00. The van der Waals surface area contributed by atoms with Crippen LogP contribution in [0.4, 0.5) is 5.69 Å². The van der Waals surface area contributed by atoms with Crippen LogP contribution < -0.4 is 10.0 Å². The van der Waals surface area contributed by atoms with Crippen LogP contribution in [0.3, 0.4) is 0 Å². The normalized spacial score (nSPS) is 17.1. The summed E-state index contributed by atoms with van der Waals surface area (Å²) >= 11 is 0. The zero-order valence-corrected chi connectivity index (χ0v) is 11.4. The molecule has 0 radical (unpaired) electrons. The lowest BCUT2D eigenvalue weighted by Crippen LogP contribution is -2.37. The second kappa shape index (κ2) is 4.45. The van der Waals surface area contributed by atoms with Gasteiger partial charge in [-0.2, -0.15) is 4.73 Å². The zero-order valence-electron chi connectivity index (χ0n) is 11.4. The maximum absolute atomic E-state index is 12.3. The minimum atomic E-state index is 0.638. The van der Waals surface area contributed by atoms with Crippen molar-refractivity contribution in [1.29, 1.82) is 0 Å². The van der Waals surface area contributed by atoms with E-state index in [1.54, 1.807) is 0 Å². The van der Waals surface area contributed by atoms with E-state index in [2.05, 4.69) is 19.2 Å². The van der Waals surface area contributed by atoms with Crippen molar-refractivity contribution in [2.75, 3.05) is 11.9 Å². The zero-order chi connectivity index (χ0) is 12.7. The Kier molecular flexibility index (Phi) is 2.92. The predicted molar refractivity (Wildman–Crippen MR) is 72.8 cm³/mol. The molecule has 3 heteroatoms. The predicted octanol–water partition coefficient (Wildman–Crippen LogP) is 2.37. The van der Waals surface area contributed by atoms with Crippen molar-refractivity contribution in [2.24, 2.45) is 5.92 Å². The highest BCUT2D eigenvalue weighted by atomic mass is 16.5. The molecule has 18 heavy (non-hydrogen) atoms. The van der Waals surface area contributed by atoms with E-state index in [4.69, 9.17) is 0 Å². The number of nitrogens with one attached hydrogen (secondary N) is 1. The molecule has 1 aromatic heterocycles. The summed E-state index contributed by atoms with van der Waals surface area (Å²) in [6.07, 6.45) is 6.34. The molecule has 0 saturated carbocycles. The summed E-state index contributed by atoms with van der Waals surface area (Å²) in [5, 5.41) is 16.0. The van der Waals surface area contributed by atoms with Crippen molar-refractivity contribution in [2.45, 2.75) is 52.4 Å². The standard InChI is InChI=1S/C15H22N2O/c1-10(2)9-16-15-11-5-3-7-13(11)17(18)14-8-4-6-12(14)15/h10,16H,3-9H2,1-2H3. The van der Waals surface area contributed by atoms with Gasteiger partial charge in [0.15, 0.2) is 11.4 Å². The van der Waals surface area contributed by atoms with E-state index in [0.717, 1.165) is 56.5 Å². The molecule has 1 aromatic rings. The van der Waals surface area contributed by atoms with Crippen molar-refractivity contribution in [1.82, 2.24) is 0 Å². The van der Waals surface area contributed by atoms with Gasteiger partial charge >= 0.3 is 0 Å². The molecule has 0 fully saturated rings. The third kappa shape index (κ3) is 1.76. The van der Waals surface area contributed by atoms with Crippen LogP contribution in [0, 0.1) is 11.1 Å². The van der Waals surface area contributed by atoms with E-state index in [-0.39, 0.29) is 0 Å². The first-order valence-corrected chi connectivity index (χ1v) is 7.21. The first-order valence-electron chi connectivity index (χ1n) is 7.21. The average molecular weight is 246 g/mol. The molecule has 98 valence electrons. The maximum Gasteiger partial charge on any atom is 0.198 e. The van der Waals surface area contributed by atoms with Gasteiger partial charge < -0.3 is 10.5 Å². The lowest BCUT2D eigenvalue weighted by atomic mass is 10.0. The molecule has 1 heterocycles. The van der Waals surface area contributed by atoms with E-state index in [1.807, 2.05) is 0 Å². The smallest absolute Gasteiger partial charge is 0.198 e. The molecule has 0 atom stereocenters. The Bertz CT molecular complexity index is 445. The van der Waals surface area contributed by atoms with Gasteiger partial charge in [0.1, 0.15) is 0 Å². The number of hydrogen-bond donors (Lipinski definition) is 1. The monoisotopic (exact) mass is 246 g/mol. The second-order valence-electron chi connectivity index (χ2n) is 6.00. The van der Waals surface area contributed by atoms with E-state index in [0.29, 0.717) is 5.92 Å². The number of nitrogens with zero attached hydrogens (tertiary/aromatic N) is 1. The van der Waals surface area contributed by atoms with Crippen LogP contribution in [0.25, 0.3) is 0 Å². The van der Waals surface area contributed by atoms with Crippen molar-refractivity contribution in [3.63, 3.8) is 0 Å². The van der Waals surface area contributed by atoms with Gasteiger partial charge in [0.05, 0.1) is 5.69 Å². The van der Waals surface area contributed by atoms with Crippen molar-refractivity contribution < 1.29 is 4.73 Å². The molecule has 3 rings (SSSR count). The van der Waals surface area contributed by atoms with Gasteiger partial charge in [-0.15, -0.1) is 0 Å². The van der Waals surface area contributed by atoms with E-state index in [1.165, 1.54) is 21.5 Å². The van der Waals surface area contributed by atoms with Gasteiger partial charge in [0.2, 0.25) is 0 Å². The third-order valence-electron chi connectivity index (χ3n) is 4.16. The Labute approximate surface area is 109 Å². The molecule has 0 saturated heterocycles. The van der Waals surface area contributed by atoms with Crippen LogP contribution in [0.15, 0.2) is 0 Å². The van der Waals surface area contributed by atoms with Crippen molar-refractivity contribution >= 4 is 5.69 Å². The average Bonchev–Trinajstić information content (AvgIpc) is 2.95. The Morgan fingerprint density at radius 3 is 2.11 bits per heavy atom. The van der Waals surface area contributed by atoms with Crippen LogP contribution in [-0.2, 0) is 25.7 Å². The summed E-state index contributed by atoms with van der Waals surface area (Å²) < 4.78 is 1.26. The van der Waals surface area contributed by atoms with Gasteiger partial charge in [-0.05, 0) is 31.6 Å². The van der Waals surface area contributed by atoms with E-state index in [9.17, 15) is 5.21 Å².